The molecule has 1 aromatic rings. The van der Waals surface area contributed by atoms with Crippen molar-refractivity contribution in [1.29, 1.82) is 0 Å². The maximum Gasteiger partial charge on any atom is 0.417 e. The molecule has 0 heterocycles. The lowest BCUT2D eigenvalue weighted by Gasteiger charge is -2.26. The highest BCUT2D eigenvalue weighted by Crippen LogP contribution is 2.37. The van der Waals surface area contributed by atoms with Gasteiger partial charge in [-0.15, -0.1) is 0 Å². The molecule has 19 heavy (non-hydrogen) atoms. The molecule has 0 radical (unpaired) electrons. The maximum absolute atomic E-state index is 12.7. The number of hydrogen-bond donors (Lipinski definition) is 1. The van der Waals surface area contributed by atoms with E-state index in [1.54, 1.807) is 0 Å². The molecule has 1 N–H and O–H groups in total. The normalized spacial score (nSPS) is 24.3. The maximum atomic E-state index is 12.7. The van der Waals surface area contributed by atoms with Crippen LogP contribution in [0.5, 0.6) is 5.75 Å². The SMILES string of the molecule is OC1CCC(Oc2ccc(Br)c(C(F)(F)F)c2)CC1. The number of alkyl halides is 3. The Morgan fingerprint density at radius 3 is 2.37 bits per heavy atom. The summed E-state index contributed by atoms with van der Waals surface area (Å²) in [4.78, 5) is 0. The molecule has 0 spiro atoms. The highest BCUT2D eigenvalue weighted by atomic mass is 79.9. The van der Waals surface area contributed by atoms with Gasteiger partial charge < -0.3 is 9.84 Å². The van der Waals surface area contributed by atoms with Crippen molar-refractivity contribution >= 4 is 15.9 Å². The summed E-state index contributed by atoms with van der Waals surface area (Å²) in [6.07, 6.45) is -2.24. The number of rotatable bonds is 2. The second kappa shape index (κ2) is 5.71. The Labute approximate surface area is 117 Å². The molecule has 1 aliphatic rings. The van der Waals surface area contributed by atoms with Crippen LogP contribution in [-0.2, 0) is 6.18 Å². The summed E-state index contributed by atoms with van der Waals surface area (Å²) in [7, 11) is 0. The lowest BCUT2D eigenvalue weighted by atomic mass is 9.95. The summed E-state index contributed by atoms with van der Waals surface area (Å²) in [5.74, 6) is 0.219. The second-order valence-electron chi connectivity index (χ2n) is 4.69. The third-order valence-corrected chi connectivity index (χ3v) is 3.88. The van der Waals surface area contributed by atoms with Crippen LogP contribution in [0.2, 0.25) is 0 Å². The number of ether oxygens (including phenoxy) is 1. The van der Waals surface area contributed by atoms with Gasteiger partial charge in [-0.1, -0.05) is 15.9 Å². The third-order valence-electron chi connectivity index (χ3n) is 3.19. The van der Waals surface area contributed by atoms with Gasteiger partial charge in [-0.2, -0.15) is 13.2 Å². The highest BCUT2D eigenvalue weighted by Gasteiger charge is 2.33. The zero-order valence-electron chi connectivity index (χ0n) is 10.1. The molecule has 0 saturated heterocycles. The molecule has 0 atom stereocenters. The van der Waals surface area contributed by atoms with E-state index >= 15 is 0 Å². The van der Waals surface area contributed by atoms with Gasteiger partial charge in [-0.3, -0.25) is 0 Å². The number of aliphatic hydroxyl groups is 1. The zero-order valence-corrected chi connectivity index (χ0v) is 11.7. The fourth-order valence-electron chi connectivity index (χ4n) is 2.15. The van der Waals surface area contributed by atoms with Crippen molar-refractivity contribution in [2.75, 3.05) is 0 Å². The van der Waals surface area contributed by atoms with Gasteiger partial charge in [-0.25, -0.2) is 0 Å². The van der Waals surface area contributed by atoms with E-state index in [1.807, 2.05) is 0 Å². The van der Waals surface area contributed by atoms with Gasteiger partial charge in [0.15, 0.2) is 0 Å². The van der Waals surface area contributed by atoms with Gasteiger partial charge in [0.25, 0.3) is 0 Å². The first-order valence-corrected chi connectivity index (χ1v) is 6.87. The average molecular weight is 339 g/mol. The van der Waals surface area contributed by atoms with Gasteiger partial charge in [0.1, 0.15) is 5.75 Å². The molecule has 0 aromatic heterocycles. The molecule has 0 amide bonds. The number of aliphatic hydroxyl groups excluding tert-OH is 1. The Kier molecular flexibility index (Phi) is 4.40. The molecule has 0 aliphatic heterocycles. The molecule has 1 saturated carbocycles. The standard InChI is InChI=1S/C13H14BrF3O2/c14-12-6-5-10(7-11(12)13(15,16)17)19-9-3-1-8(18)2-4-9/h5-9,18H,1-4H2. The van der Waals surface area contributed by atoms with Crippen molar-refractivity contribution in [3.63, 3.8) is 0 Å². The summed E-state index contributed by atoms with van der Waals surface area (Å²) in [6, 6.07) is 3.87. The van der Waals surface area contributed by atoms with Crippen LogP contribution < -0.4 is 4.74 Å². The Morgan fingerprint density at radius 1 is 1.16 bits per heavy atom. The Hall–Kier alpha value is -0.750. The highest BCUT2D eigenvalue weighted by molar-refractivity contribution is 9.10. The Balaban J connectivity index is 2.09. The summed E-state index contributed by atoms with van der Waals surface area (Å²) in [6.45, 7) is 0. The van der Waals surface area contributed by atoms with E-state index in [9.17, 15) is 18.3 Å². The van der Waals surface area contributed by atoms with E-state index < -0.39 is 11.7 Å². The second-order valence-corrected chi connectivity index (χ2v) is 5.54. The fraction of sp³-hybridized carbons (Fsp3) is 0.538. The summed E-state index contributed by atoms with van der Waals surface area (Å²) >= 11 is 2.89. The molecule has 1 aromatic carbocycles. The average Bonchev–Trinajstić information content (AvgIpc) is 2.33. The minimum Gasteiger partial charge on any atom is -0.490 e. The lowest BCUT2D eigenvalue weighted by molar-refractivity contribution is -0.138. The first-order chi connectivity index (χ1) is 8.86. The van der Waals surface area contributed by atoms with E-state index in [4.69, 9.17) is 4.74 Å². The van der Waals surface area contributed by atoms with Crippen LogP contribution in [-0.4, -0.2) is 17.3 Å². The summed E-state index contributed by atoms with van der Waals surface area (Å²) < 4.78 is 43.8. The minimum absolute atomic E-state index is 0.00594. The molecule has 2 nitrogen and oxygen atoms in total. The van der Waals surface area contributed by atoms with Crippen LogP contribution in [0.4, 0.5) is 13.2 Å². The van der Waals surface area contributed by atoms with Crippen molar-refractivity contribution in [3.8, 4) is 5.75 Å². The van der Waals surface area contributed by atoms with Crippen LogP contribution >= 0.6 is 15.9 Å². The van der Waals surface area contributed by atoms with Crippen molar-refractivity contribution < 1.29 is 23.0 Å². The molecule has 1 fully saturated rings. The fourth-order valence-corrected chi connectivity index (χ4v) is 2.62. The quantitative estimate of drug-likeness (QED) is 0.877. The minimum atomic E-state index is -4.40. The zero-order chi connectivity index (χ0) is 14.0. The van der Waals surface area contributed by atoms with E-state index in [-0.39, 0.29) is 22.4 Å². The molecular formula is C13H14BrF3O2. The first kappa shape index (κ1) is 14.7. The van der Waals surface area contributed by atoms with Crippen molar-refractivity contribution in [1.82, 2.24) is 0 Å². The van der Waals surface area contributed by atoms with E-state index in [0.717, 1.165) is 6.07 Å². The van der Waals surface area contributed by atoms with Crippen LogP contribution in [0.25, 0.3) is 0 Å². The van der Waals surface area contributed by atoms with Crippen molar-refractivity contribution in [3.05, 3.63) is 28.2 Å². The molecule has 1 aliphatic carbocycles. The van der Waals surface area contributed by atoms with Crippen LogP contribution in [0.3, 0.4) is 0 Å². The molecule has 6 heteroatoms. The van der Waals surface area contributed by atoms with Gasteiger partial charge in [0.05, 0.1) is 17.8 Å². The van der Waals surface area contributed by atoms with E-state index in [0.29, 0.717) is 25.7 Å². The summed E-state index contributed by atoms with van der Waals surface area (Å²) in [5.41, 5.74) is -0.735. The Morgan fingerprint density at radius 2 is 1.79 bits per heavy atom. The van der Waals surface area contributed by atoms with Crippen LogP contribution in [0.15, 0.2) is 22.7 Å². The summed E-state index contributed by atoms with van der Waals surface area (Å²) in [5, 5.41) is 9.37. The monoisotopic (exact) mass is 338 g/mol. The predicted octanol–water partition coefficient (Wildman–Crippen LogP) is 4.15. The van der Waals surface area contributed by atoms with Crippen LogP contribution in [0.1, 0.15) is 31.2 Å². The van der Waals surface area contributed by atoms with Crippen molar-refractivity contribution in [2.45, 2.75) is 44.1 Å². The van der Waals surface area contributed by atoms with Crippen molar-refractivity contribution in [2.24, 2.45) is 0 Å². The number of halogens is 4. The third kappa shape index (κ3) is 3.86. The van der Waals surface area contributed by atoms with E-state index in [2.05, 4.69) is 15.9 Å². The van der Waals surface area contributed by atoms with Crippen LogP contribution in [0, 0.1) is 0 Å². The lowest BCUT2D eigenvalue weighted by Crippen LogP contribution is -2.26. The molecular weight excluding hydrogens is 325 g/mol. The Bertz CT molecular complexity index is 440. The van der Waals surface area contributed by atoms with Gasteiger partial charge in [0, 0.05) is 4.47 Å². The van der Waals surface area contributed by atoms with Gasteiger partial charge in [-0.05, 0) is 43.9 Å². The molecule has 106 valence electrons. The number of hydrogen-bond acceptors (Lipinski definition) is 2. The van der Waals surface area contributed by atoms with E-state index in [1.165, 1.54) is 12.1 Å². The predicted molar refractivity (Wildman–Crippen MR) is 68.0 cm³/mol. The largest absolute Gasteiger partial charge is 0.490 e. The molecule has 0 bridgehead atoms. The smallest absolute Gasteiger partial charge is 0.417 e. The van der Waals surface area contributed by atoms with Gasteiger partial charge in [0.2, 0.25) is 0 Å². The van der Waals surface area contributed by atoms with Gasteiger partial charge >= 0.3 is 6.18 Å². The topological polar surface area (TPSA) is 29.5 Å². The molecule has 0 unspecified atom stereocenters. The number of benzene rings is 1. The first-order valence-electron chi connectivity index (χ1n) is 6.07. The molecule has 2 rings (SSSR count).